The molecule has 0 bridgehead atoms. The molecule has 0 unspecified atom stereocenters. The van der Waals surface area contributed by atoms with E-state index < -0.39 is 6.04 Å². The maximum atomic E-state index is 13.2. The minimum atomic E-state index is -0.614. The van der Waals surface area contributed by atoms with Crippen molar-refractivity contribution < 1.29 is 14.3 Å². The van der Waals surface area contributed by atoms with Gasteiger partial charge in [0.15, 0.2) is 6.61 Å². The Morgan fingerprint density at radius 3 is 2.44 bits per heavy atom. The number of hydrogen-bond donors (Lipinski definition) is 1. The molecule has 1 atom stereocenters. The molecule has 7 heteroatoms. The molecule has 0 heterocycles. The van der Waals surface area contributed by atoms with Crippen LogP contribution >= 0.6 is 23.2 Å². The van der Waals surface area contributed by atoms with Crippen molar-refractivity contribution in [1.29, 1.82) is 0 Å². The summed E-state index contributed by atoms with van der Waals surface area (Å²) in [6.45, 7) is 8.55. The summed E-state index contributed by atoms with van der Waals surface area (Å²) in [6, 6.07) is 10.4. The summed E-state index contributed by atoms with van der Waals surface area (Å²) in [5, 5.41) is 3.79. The van der Waals surface area contributed by atoms with E-state index >= 15 is 0 Å². The van der Waals surface area contributed by atoms with Crippen LogP contribution in [0.1, 0.15) is 49.8 Å². The van der Waals surface area contributed by atoms with Gasteiger partial charge in [-0.25, -0.2) is 0 Å². The van der Waals surface area contributed by atoms with Crippen molar-refractivity contribution in [2.45, 2.75) is 59.5 Å². The van der Waals surface area contributed by atoms with Gasteiger partial charge in [0.25, 0.3) is 5.91 Å². The van der Waals surface area contributed by atoms with Crippen molar-refractivity contribution in [1.82, 2.24) is 10.2 Å². The zero-order valence-electron chi connectivity index (χ0n) is 19.2. The average molecular weight is 479 g/mol. The van der Waals surface area contributed by atoms with Gasteiger partial charge in [-0.05, 0) is 56.0 Å². The lowest BCUT2D eigenvalue weighted by Crippen LogP contribution is -2.50. The second-order valence-corrected chi connectivity index (χ2v) is 8.71. The van der Waals surface area contributed by atoms with Crippen molar-refractivity contribution in [2.24, 2.45) is 0 Å². The van der Waals surface area contributed by atoms with Gasteiger partial charge in [-0.1, -0.05) is 67.2 Å². The number of carbonyl (C=O) groups is 2. The molecule has 2 aromatic carbocycles. The fourth-order valence-corrected chi connectivity index (χ4v) is 3.76. The van der Waals surface area contributed by atoms with Crippen molar-refractivity contribution in [3.8, 4) is 5.75 Å². The Kier molecular flexibility index (Phi) is 10.3. The summed E-state index contributed by atoms with van der Waals surface area (Å²) >= 11 is 12.2. The lowest BCUT2D eigenvalue weighted by atomic mass is 10.1. The molecule has 2 rings (SSSR count). The molecule has 5 nitrogen and oxygen atoms in total. The van der Waals surface area contributed by atoms with Gasteiger partial charge in [0, 0.05) is 13.1 Å². The zero-order chi connectivity index (χ0) is 23.7. The predicted octanol–water partition coefficient (Wildman–Crippen LogP) is 5.71. The SMILES string of the molecule is CCCCNC(=O)[C@@H](CC)N(Cc1ccc(Cl)c(Cl)c1)C(=O)COc1ccc(C)cc1C. The van der Waals surface area contributed by atoms with Gasteiger partial charge >= 0.3 is 0 Å². The topological polar surface area (TPSA) is 58.6 Å². The minimum Gasteiger partial charge on any atom is -0.483 e. The first kappa shape index (κ1) is 26.0. The highest BCUT2D eigenvalue weighted by Gasteiger charge is 2.29. The molecule has 0 spiro atoms. The molecular formula is C25H32Cl2N2O3. The standard InChI is InChI=1S/C25H32Cl2N2O3/c1-5-7-12-28-25(31)22(6-2)29(15-19-9-10-20(26)21(27)14-19)24(30)16-32-23-11-8-17(3)13-18(23)4/h8-11,13-14,22H,5-7,12,15-16H2,1-4H3,(H,28,31)/t22-/m1/s1. The molecular weight excluding hydrogens is 447 g/mol. The van der Waals surface area contributed by atoms with Gasteiger partial charge in [-0.2, -0.15) is 0 Å². The lowest BCUT2D eigenvalue weighted by Gasteiger charge is -2.30. The monoisotopic (exact) mass is 478 g/mol. The van der Waals surface area contributed by atoms with Crippen LogP contribution in [0.5, 0.6) is 5.75 Å². The molecule has 2 amide bonds. The minimum absolute atomic E-state index is 0.163. The van der Waals surface area contributed by atoms with Gasteiger partial charge in [0.1, 0.15) is 11.8 Å². The third kappa shape index (κ3) is 7.42. The molecule has 0 aromatic heterocycles. The average Bonchev–Trinajstić information content (AvgIpc) is 2.75. The second kappa shape index (κ2) is 12.7. The number of carbonyl (C=O) groups excluding carboxylic acids is 2. The van der Waals surface area contributed by atoms with Crippen molar-refractivity contribution in [3.63, 3.8) is 0 Å². The first-order chi connectivity index (χ1) is 15.3. The van der Waals surface area contributed by atoms with Crippen LogP contribution in [-0.2, 0) is 16.1 Å². The third-order valence-electron chi connectivity index (χ3n) is 5.23. The van der Waals surface area contributed by atoms with Gasteiger partial charge < -0.3 is 15.0 Å². The second-order valence-electron chi connectivity index (χ2n) is 7.90. The van der Waals surface area contributed by atoms with Crippen LogP contribution in [0.2, 0.25) is 10.0 Å². The summed E-state index contributed by atoms with van der Waals surface area (Å²) in [6.07, 6.45) is 2.35. The maximum absolute atomic E-state index is 13.2. The van der Waals surface area contributed by atoms with E-state index in [4.69, 9.17) is 27.9 Å². The van der Waals surface area contributed by atoms with E-state index in [0.29, 0.717) is 28.8 Å². The van der Waals surface area contributed by atoms with E-state index in [2.05, 4.69) is 12.2 Å². The maximum Gasteiger partial charge on any atom is 0.261 e. The Morgan fingerprint density at radius 1 is 1.06 bits per heavy atom. The molecule has 0 radical (unpaired) electrons. The van der Waals surface area contributed by atoms with E-state index in [1.165, 1.54) is 0 Å². The van der Waals surface area contributed by atoms with Crippen LogP contribution in [0.25, 0.3) is 0 Å². The number of ether oxygens (including phenoxy) is 1. The molecule has 174 valence electrons. The fourth-order valence-electron chi connectivity index (χ4n) is 3.44. The Balaban J connectivity index is 2.22. The van der Waals surface area contributed by atoms with Crippen LogP contribution in [0.15, 0.2) is 36.4 Å². The number of amides is 2. The first-order valence-electron chi connectivity index (χ1n) is 11.0. The highest BCUT2D eigenvalue weighted by molar-refractivity contribution is 6.42. The quantitative estimate of drug-likeness (QED) is 0.420. The number of halogens is 2. The summed E-state index contributed by atoms with van der Waals surface area (Å²) in [5.74, 6) is 0.216. The van der Waals surface area contributed by atoms with E-state index in [1.54, 1.807) is 23.1 Å². The Morgan fingerprint density at radius 2 is 1.81 bits per heavy atom. The highest BCUT2D eigenvalue weighted by Crippen LogP contribution is 2.24. The molecule has 32 heavy (non-hydrogen) atoms. The summed E-state index contributed by atoms with van der Waals surface area (Å²) in [4.78, 5) is 27.7. The van der Waals surface area contributed by atoms with Crippen molar-refractivity contribution in [2.75, 3.05) is 13.2 Å². The number of aryl methyl sites for hydroxylation is 2. The third-order valence-corrected chi connectivity index (χ3v) is 5.97. The van der Waals surface area contributed by atoms with E-state index in [0.717, 1.165) is 29.5 Å². The molecule has 0 aliphatic heterocycles. The van der Waals surface area contributed by atoms with Crippen LogP contribution in [0.4, 0.5) is 0 Å². The molecule has 1 N–H and O–H groups in total. The molecule has 0 aliphatic carbocycles. The van der Waals surface area contributed by atoms with Gasteiger partial charge in [-0.3, -0.25) is 9.59 Å². The number of rotatable bonds is 11. The van der Waals surface area contributed by atoms with E-state index in [1.807, 2.05) is 39.0 Å². The molecule has 0 saturated heterocycles. The fraction of sp³-hybridized carbons (Fsp3) is 0.440. The van der Waals surface area contributed by atoms with Crippen LogP contribution in [-0.4, -0.2) is 35.9 Å². The van der Waals surface area contributed by atoms with Crippen molar-refractivity contribution in [3.05, 3.63) is 63.1 Å². The van der Waals surface area contributed by atoms with Gasteiger partial charge in [0.2, 0.25) is 5.91 Å². The van der Waals surface area contributed by atoms with Crippen LogP contribution in [0, 0.1) is 13.8 Å². The first-order valence-corrected chi connectivity index (χ1v) is 11.7. The Bertz CT molecular complexity index is 933. The van der Waals surface area contributed by atoms with Gasteiger partial charge in [-0.15, -0.1) is 0 Å². The van der Waals surface area contributed by atoms with E-state index in [9.17, 15) is 9.59 Å². The van der Waals surface area contributed by atoms with Gasteiger partial charge in [0.05, 0.1) is 10.0 Å². The summed E-state index contributed by atoms with van der Waals surface area (Å²) in [5.41, 5.74) is 2.87. The number of benzene rings is 2. The predicted molar refractivity (Wildman–Crippen MR) is 130 cm³/mol. The Hall–Kier alpha value is -2.24. The normalized spacial score (nSPS) is 11.7. The zero-order valence-corrected chi connectivity index (χ0v) is 20.7. The molecule has 0 aliphatic rings. The number of unbranched alkanes of at least 4 members (excludes halogenated alkanes) is 1. The van der Waals surface area contributed by atoms with E-state index in [-0.39, 0.29) is 25.0 Å². The molecule has 0 saturated carbocycles. The molecule has 2 aromatic rings. The smallest absolute Gasteiger partial charge is 0.261 e. The largest absolute Gasteiger partial charge is 0.483 e. The van der Waals surface area contributed by atoms with Crippen molar-refractivity contribution >= 4 is 35.0 Å². The lowest BCUT2D eigenvalue weighted by molar-refractivity contribution is -0.143. The summed E-state index contributed by atoms with van der Waals surface area (Å²) in [7, 11) is 0. The molecule has 0 fully saturated rings. The highest BCUT2D eigenvalue weighted by atomic mass is 35.5. The van der Waals surface area contributed by atoms with Crippen LogP contribution in [0.3, 0.4) is 0 Å². The van der Waals surface area contributed by atoms with Crippen LogP contribution < -0.4 is 10.1 Å². The number of nitrogens with one attached hydrogen (secondary N) is 1. The number of nitrogens with zero attached hydrogens (tertiary/aromatic N) is 1. The summed E-state index contributed by atoms with van der Waals surface area (Å²) < 4.78 is 5.82. The number of hydrogen-bond acceptors (Lipinski definition) is 3. The Labute approximate surface area is 201 Å².